The van der Waals surface area contributed by atoms with Gasteiger partial charge in [-0.2, -0.15) is 0 Å². The molecule has 0 bridgehead atoms. The van der Waals surface area contributed by atoms with E-state index in [0.29, 0.717) is 31.6 Å². The smallest absolute Gasteiger partial charge is 0.315 e. The van der Waals surface area contributed by atoms with Gasteiger partial charge in [-0.15, -0.1) is 0 Å². The Morgan fingerprint density at radius 3 is 2.52 bits per heavy atom. The summed E-state index contributed by atoms with van der Waals surface area (Å²) in [5.74, 6) is -0.992. The molecule has 0 aliphatic heterocycles. The number of benzene rings is 2. The monoisotopic (exact) mass is 454 g/mol. The van der Waals surface area contributed by atoms with Crippen molar-refractivity contribution in [3.8, 4) is 0 Å². The maximum Gasteiger partial charge on any atom is 0.315 e. The van der Waals surface area contributed by atoms with E-state index in [4.69, 9.17) is 0 Å². The van der Waals surface area contributed by atoms with Gasteiger partial charge in [0.2, 0.25) is 5.91 Å². The summed E-state index contributed by atoms with van der Waals surface area (Å²) < 4.78 is 13.3. The summed E-state index contributed by atoms with van der Waals surface area (Å²) in [6.45, 7) is 0.756. The molecule has 33 heavy (non-hydrogen) atoms. The molecule has 4 amide bonds. The highest BCUT2D eigenvalue weighted by molar-refractivity contribution is 6.04. The van der Waals surface area contributed by atoms with Crippen molar-refractivity contribution in [2.75, 3.05) is 11.9 Å². The number of halogens is 1. The number of rotatable bonds is 9. The van der Waals surface area contributed by atoms with Gasteiger partial charge in [-0.3, -0.25) is 9.59 Å². The summed E-state index contributed by atoms with van der Waals surface area (Å²) in [5.41, 5.74) is 1.62. The lowest BCUT2D eigenvalue weighted by Gasteiger charge is -2.22. The molecule has 2 aromatic carbocycles. The number of urea groups is 1. The van der Waals surface area contributed by atoms with E-state index >= 15 is 0 Å². The van der Waals surface area contributed by atoms with Gasteiger partial charge in [-0.05, 0) is 55.2 Å². The van der Waals surface area contributed by atoms with Crippen molar-refractivity contribution < 1.29 is 18.8 Å². The van der Waals surface area contributed by atoms with Crippen LogP contribution in [0.4, 0.5) is 14.9 Å². The van der Waals surface area contributed by atoms with Gasteiger partial charge in [0.05, 0.1) is 0 Å². The molecule has 0 radical (unpaired) electrons. The molecule has 176 valence electrons. The van der Waals surface area contributed by atoms with Gasteiger partial charge in [0.25, 0.3) is 5.91 Å². The molecule has 0 saturated heterocycles. The Balaban J connectivity index is 1.34. The molecule has 0 heterocycles. The van der Waals surface area contributed by atoms with Gasteiger partial charge in [0.1, 0.15) is 5.82 Å². The van der Waals surface area contributed by atoms with Gasteiger partial charge >= 0.3 is 6.03 Å². The highest BCUT2D eigenvalue weighted by atomic mass is 19.1. The topological polar surface area (TPSA) is 99.3 Å². The Kier molecular flexibility index (Phi) is 9.23. The van der Waals surface area contributed by atoms with Crippen LogP contribution in [0.2, 0.25) is 0 Å². The van der Waals surface area contributed by atoms with E-state index in [1.54, 1.807) is 18.2 Å². The summed E-state index contributed by atoms with van der Waals surface area (Å²) >= 11 is 0. The van der Waals surface area contributed by atoms with Crippen LogP contribution in [-0.4, -0.2) is 30.4 Å². The summed E-state index contributed by atoms with van der Waals surface area (Å²) in [4.78, 5) is 36.3. The van der Waals surface area contributed by atoms with E-state index in [9.17, 15) is 18.8 Å². The molecule has 7 nitrogen and oxygen atoms in total. The quantitative estimate of drug-likeness (QED) is 0.429. The second-order valence-electron chi connectivity index (χ2n) is 8.28. The fourth-order valence-electron chi connectivity index (χ4n) is 3.82. The number of amides is 4. The van der Waals surface area contributed by atoms with E-state index in [0.717, 1.165) is 31.2 Å². The summed E-state index contributed by atoms with van der Waals surface area (Å²) in [5, 5.41) is 11.4. The first kappa shape index (κ1) is 24.2. The number of carbonyl (C=O) groups is 3. The highest BCUT2D eigenvalue weighted by Gasteiger charge is 2.15. The first-order chi connectivity index (χ1) is 16.0. The molecule has 1 aliphatic rings. The number of hydrogen-bond donors (Lipinski definition) is 4. The fourth-order valence-corrected chi connectivity index (χ4v) is 3.82. The summed E-state index contributed by atoms with van der Waals surface area (Å²) in [6, 6.07) is 12.7. The number of carbonyl (C=O) groups excluding carboxylic acids is 3. The molecular weight excluding hydrogens is 423 g/mol. The molecule has 1 aliphatic carbocycles. The molecule has 0 atom stereocenters. The minimum atomic E-state index is -0.473. The lowest BCUT2D eigenvalue weighted by atomic mass is 9.96. The highest BCUT2D eigenvalue weighted by Crippen LogP contribution is 2.17. The molecule has 0 unspecified atom stereocenters. The lowest BCUT2D eigenvalue weighted by Crippen LogP contribution is -2.43. The van der Waals surface area contributed by atoms with Crippen LogP contribution in [0.5, 0.6) is 0 Å². The van der Waals surface area contributed by atoms with Crippen molar-refractivity contribution in [1.29, 1.82) is 0 Å². The molecule has 8 heteroatoms. The maximum absolute atomic E-state index is 13.3. The second kappa shape index (κ2) is 12.6. The number of nitrogens with one attached hydrogen (secondary N) is 4. The largest absolute Gasteiger partial charge is 0.352 e. The average Bonchev–Trinajstić information content (AvgIpc) is 2.81. The first-order valence-electron chi connectivity index (χ1n) is 11.5. The first-order valence-corrected chi connectivity index (χ1v) is 11.5. The van der Waals surface area contributed by atoms with E-state index in [2.05, 4.69) is 21.3 Å². The predicted octanol–water partition coefficient (Wildman–Crippen LogP) is 4.11. The third-order valence-corrected chi connectivity index (χ3v) is 5.57. The van der Waals surface area contributed by atoms with E-state index < -0.39 is 11.7 Å². The Labute approximate surface area is 193 Å². The standard InChI is InChI=1S/C25H31FN4O3/c26-20-9-5-8-19(16-20)24(32)29-22-12-4-7-18(15-22)17-28-23(31)13-6-14-27-25(33)30-21-10-2-1-3-11-21/h4-5,7-9,12,15-16,21H,1-3,6,10-11,13-14,17H2,(H,28,31)(H,29,32)(H2,27,30,33). The van der Waals surface area contributed by atoms with Gasteiger partial charge in [-0.1, -0.05) is 37.5 Å². The predicted molar refractivity (Wildman–Crippen MR) is 125 cm³/mol. The summed E-state index contributed by atoms with van der Waals surface area (Å²) in [6.07, 6.45) is 6.48. The zero-order valence-corrected chi connectivity index (χ0v) is 18.7. The zero-order chi connectivity index (χ0) is 23.5. The van der Waals surface area contributed by atoms with Gasteiger partial charge < -0.3 is 21.3 Å². The molecule has 2 aromatic rings. The Morgan fingerprint density at radius 1 is 0.939 bits per heavy atom. The molecular formula is C25H31FN4O3. The normalized spacial score (nSPS) is 13.7. The minimum absolute atomic E-state index is 0.112. The van der Waals surface area contributed by atoms with Gasteiger partial charge in [0, 0.05) is 36.8 Å². The SMILES string of the molecule is O=C(CCCNC(=O)NC1CCCCC1)NCc1cccc(NC(=O)c2cccc(F)c2)c1. The van der Waals surface area contributed by atoms with Crippen molar-refractivity contribution in [3.63, 3.8) is 0 Å². The van der Waals surface area contributed by atoms with Crippen LogP contribution in [0.15, 0.2) is 48.5 Å². The Bertz CT molecular complexity index is 960. The van der Waals surface area contributed by atoms with Crippen LogP contribution in [0.1, 0.15) is 60.9 Å². The summed E-state index contributed by atoms with van der Waals surface area (Å²) in [7, 11) is 0. The molecule has 0 aromatic heterocycles. The molecule has 1 saturated carbocycles. The van der Waals surface area contributed by atoms with E-state index in [1.807, 2.05) is 6.07 Å². The van der Waals surface area contributed by atoms with E-state index in [1.165, 1.54) is 30.7 Å². The maximum atomic E-state index is 13.3. The average molecular weight is 455 g/mol. The Morgan fingerprint density at radius 2 is 1.73 bits per heavy atom. The zero-order valence-electron chi connectivity index (χ0n) is 18.7. The Hall–Kier alpha value is -3.42. The molecule has 4 N–H and O–H groups in total. The molecule has 0 spiro atoms. The fraction of sp³-hybridized carbons (Fsp3) is 0.400. The minimum Gasteiger partial charge on any atom is -0.352 e. The van der Waals surface area contributed by atoms with Crippen LogP contribution in [0, 0.1) is 5.82 Å². The van der Waals surface area contributed by atoms with Crippen molar-refractivity contribution >= 4 is 23.5 Å². The van der Waals surface area contributed by atoms with Gasteiger partial charge in [0.15, 0.2) is 0 Å². The lowest BCUT2D eigenvalue weighted by molar-refractivity contribution is -0.121. The number of hydrogen-bond acceptors (Lipinski definition) is 3. The van der Waals surface area contributed by atoms with Gasteiger partial charge in [-0.25, -0.2) is 9.18 Å². The van der Waals surface area contributed by atoms with Crippen LogP contribution < -0.4 is 21.3 Å². The van der Waals surface area contributed by atoms with Crippen molar-refractivity contribution in [1.82, 2.24) is 16.0 Å². The third-order valence-electron chi connectivity index (χ3n) is 5.57. The second-order valence-corrected chi connectivity index (χ2v) is 8.28. The van der Waals surface area contributed by atoms with E-state index in [-0.39, 0.29) is 23.5 Å². The molecule has 3 rings (SSSR count). The van der Waals surface area contributed by atoms with Crippen molar-refractivity contribution in [2.24, 2.45) is 0 Å². The van der Waals surface area contributed by atoms with Crippen LogP contribution in [-0.2, 0) is 11.3 Å². The van der Waals surface area contributed by atoms with Crippen molar-refractivity contribution in [2.45, 2.75) is 57.5 Å². The van der Waals surface area contributed by atoms with Crippen LogP contribution in [0.3, 0.4) is 0 Å². The van der Waals surface area contributed by atoms with Crippen LogP contribution >= 0.6 is 0 Å². The van der Waals surface area contributed by atoms with Crippen LogP contribution in [0.25, 0.3) is 0 Å². The molecule has 1 fully saturated rings. The number of anilines is 1. The third kappa shape index (κ3) is 8.56. The van der Waals surface area contributed by atoms with Crippen molar-refractivity contribution in [3.05, 3.63) is 65.5 Å².